The monoisotopic (exact) mass is 450 g/mol. The number of fused-ring (bicyclic) bond motifs is 2. The first-order valence-electron chi connectivity index (χ1n) is 10.0. The molecule has 4 aromatic rings. The first kappa shape index (κ1) is 23.5. The molecule has 0 fully saturated rings. The van der Waals surface area contributed by atoms with Gasteiger partial charge < -0.3 is 14.9 Å². The summed E-state index contributed by atoms with van der Waals surface area (Å²) in [6, 6.07) is 6.52. The number of carboxylic acids is 1. The zero-order valence-corrected chi connectivity index (χ0v) is 18.2. The quantitative estimate of drug-likeness (QED) is 0.398. The normalized spacial score (nSPS) is 10.5. The Bertz CT molecular complexity index is 1410. The molecule has 4 rings (SSSR count). The molecular formula is C23H22N4O6. The highest BCUT2D eigenvalue weighted by atomic mass is 16.5. The van der Waals surface area contributed by atoms with Crippen molar-refractivity contribution in [3.8, 4) is 0 Å². The van der Waals surface area contributed by atoms with E-state index in [1.807, 2.05) is 0 Å². The Morgan fingerprint density at radius 3 is 2.42 bits per heavy atom. The van der Waals surface area contributed by atoms with Gasteiger partial charge in [-0.1, -0.05) is 6.07 Å². The molecule has 0 spiro atoms. The van der Waals surface area contributed by atoms with Crippen molar-refractivity contribution in [3.63, 3.8) is 0 Å². The molecule has 10 nitrogen and oxygen atoms in total. The predicted octanol–water partition coefficient (Wildman–Crippen LogP) is 2.54. The molecule has 0 saturated heterocycles. The Labute approximate surface area is 187 Å². The van der Waals surface area contributed by atoms with E-state index in [4.69, 9.17) is 9.84 Å². The van der Waals surface area contributed by atoms with Crippen LogP contribution < -0.4 is 5.56 Å². The third-order valence-electron chi connectivity index (χ3n) is 5.03. The van der Waals surface area contributed by atoms with Crippen LogP contribution in [-0.2, 0) is 11.3 Å². The molecule has 10 heteroatoms. The first-order valence-corrected chi connectivity index (χ1v) is 10.0. The molecule has 3 N–H and O–H groups in total. The standard InChI is InChI=1S/C14H16N2O4.C9H6N2O2/c1-4-20-14(19)11-7(2)5-9-10(6-17)15-16-13(18)12(9)8(11)3;12-9(13)6-1-2-7-4-10-11-5-8(7)3-6/h5,17H,4,6H2,1-3H3,(H,16,18);1-5H,(H,12,13). The van der Waals surface area contributed by atoms with Gasteiger partial charge in [-0.25, -0.2) is 14.7 Å². The van der Waals surface area contributed by atoms with Crippen molar-refractivity contribution in [2.24, 2.45) is 0 Å². The average molecular weight is 450 g/mol. The van der Waals surface area contributed by atoms with Crippen molar-refractivity contribution in [3.05, 3.63) is 75.0 Å². The molecule has 33 heavy (non-hydrogen) atoms. The molecule has 0 aliphatic carbocycles. The van der Waals surface area contributed by atoms with Crippen LogP contribution >= 0.6 is 0 Å². The molecule has 2 aromatic heterocycles. The van der Waals surface area contributed by atoms with E-state index in [1.54, 1.807) is 57.4 Å². The van der Waals surface area contributed by atoms with Gasteiger partial charge >= 0.3 is 11.9 Å². The van der Waals surface area contributed by atoms with Crippen molar-refractivity contribution < 1.29 is 24.5 Å². The van der Waals surface area contributed by atoms with Crippen molar-refractivity contribution in [1.82, 2.24) is 20.4 Å². The summed E-state index contributed by atoms with van der Waals surface area (Å²) in [5, 5.41) is 34.1. The number of aliphatic hydroxyl groups excluding tert-OH is 1. The number of rotatable bonds is 4. The van der Waals surface area contributed by atoms with Gasteiger partial charge in [0.2, 0.25) is 0 Å². The number of carbonyl (C=O) groups is 2. The van der Waals surface area contributed by atoms with Crippen molar-refractivity contribution in [1.29, 1.82) is 0 Å². The van der Waals surface area contributed by atoms with Crippen LogP contribution in [0.25, 0.3) is 21.5 Å². The number of H-pyrrole nitrogens is 1. The van der Waals surface area contributed by atoms with Crippen LogP contribution in [0.15, 0.2) is 41.5 Å². The number of aromatic carboxylic acids is 1. The fraction of sp³-hybridized carbons (Fsp3) is 0.217. The van der Waals surface area contributed by atoms with Gasteiger partial charge in [-0.05, 0) is 50.1 Å². The van der Waals surface area contributed by atoms with Gasteiger partial charge in [0.05, 0.1) is 47.8 Å². The van der Waals surface area contributed by atoms with Crippen molar-refractivity contribution in [2.45, 2.75) is 27.4 Å². The fourth-order valence-corrected chi connectivity index (χ4v) is 3.50. The summed E-state index contributed by atoms with van der Waals surface area (Å²) < 4.78 is 5.02. The smallest absolute Gasteiger partial charge is 0.338 e. The SMILES string of the molecule is CCOC(=O)c1c(C)cc2c(CO)n[nH]c(=O)c2c1C.O=C(O)c1ccc2cnncc2c1. The lowest BCUT2D eigenvalue weighted by Crippen LogP contribution is -2.16. The summed E-state index contributed by atoms with van der Waals surface area (Å²) in [5.74, 6) is -1.38. The zero-order chi connectivity index (χ0) is 24.1. The van der Waals surface area contributed by atoms with Crippen LogP contribution in [0, 0.1) is 13.8 Å². The van der Waals surface area contributed by atoms with E-state index in [-0.39, 0.29) is 24.3 Å². The van der Waals surface area contributed by atoms with E-state index in [2.05, 4.69) is 20.4 Å². The first-order chi connectivity index (χ1) is 15.8. The second-order valence-corrected chi connectivity index (χ2v) is 7.13. The lowest BCUT2D eigenvalue weighted by atomic mass is 9.96. The number of nitrogens with one attached hydrogen (secondary N) is 1. The maximum Gasteiger partial charge on any atom is 0.338 e. The molecule has 0 saturated carbocycles. The number of carbonyl (C=O) groups excluding carboxylic acids is 1. The van der Waals surface area contributed by atoms with Gasteiger partial charge in [-0.2, -0.15) is 15.3 Å². The average Bonchev–Trinajstić information content (AvgIpc) is 2.79. The van der Waals surface area contributed by atoms with Crippen molar-refractivity contribution >= 4 is 33.5 Å². The van der Waals surface area contributed by atoms with Gasteiger partial charge in [0.1, 0.15) is 0 Å². The number of carboxylic acid groups (broad SMARTS) is 1. The summed E-state index contributed by atoms with van der Waals surface area (Å²) in [5.41, 5.74) is 1.87. The summed E-state index contributed by atoms with van der Waals surface area (Å²) >= 11 is 0. The highest BCUT2D eigenvalue weighted by Gasteiger charge is 2.19. The zero-order valence-electron chi connectivity index (χ0n) is 18.2. The maximum atomic E-state index is 12.0. The summed E-state index contributed by atoms with van der Waals surface area (Å²) in [4.78, 5) is 34.6. The van der Waals surface area contributed by atoms with Crippen LogP contribution in [-0.4, -0.2) is 49.2 Å². The Balaban J connectivity index is 0.000000203. The lowest BCUT2D eigenvalue weighted by molar-refractivity contribution is 0.0524. The highest BCUT2D eigenvalue weighted by molar-refractivity contribution is 6.00. The van der Waals surface area contributed by atoms with Crippen LogP contribution in [0.5, 0.6) is 0 Å². The molecule has 0 aliphatic rings. The molecule has 0 radical (unpaired) electrons. The minimum absolute atomic E-state index is 0.264. The van der Waals surface area contributed by atoms with Crippen LogP contribution in [0.4, 0.5) is 0 Å². The minimum atomic E-state index is -0.932. The van der Waals surface area contributed by atoms with E-state index < -0.39 is 11.9 Å². The number of aromatic amines is 1. The number of benzene rings is 2. The molecule has 2 heterocycles. The molecule has 0 atom stereocenters. The van der Waals surface area contributed by atoms with Gasteiger partial charge in [-0.15, -0.1) is 0 Å². The molecular weight excluding hydrogens is 428 g/mol. The Hall–Kier alpha value is -4.18. The van der Waals surface area contributed by atoms with Crippen LogP contribution in [0.2, 0.25) is 0 Å². The third kappa shape index (κ3) is 4.85. The van der Waals surface area contributed by atoms with E-state index in [9.17, 15) is 19.5 Å². The second-order valence-electron chi connectivity index (χ2n) is 7.13. The molecule has 170 valence electrons. The number of aromatic nitrogens is 4. The topological polar surface area (TPSA) is 155 Å². The lowest BCUT2D eigenvalue weighted by Gasteiger charge is -2.12. The molecule has 0 amide bonds. The van der Waals surface area contributed by atoms with E-state index in [1.165, 1.54) is 0 Å². The summed E-state index contributed by atoms with van der Waals surface area (Å²) in [7, 11) is 0. The highest BCUT2D eigenvalue weighted by Crippen LogP contribution is 2.25. The number of hydrogen-bond donors (Lipinski definition) is 3. The Kier molecular flexibility index (Phi) is 7.09. The van der Waals surface area contributed by atoms with Crippen LogP contribution in [0.1, 0.15) is 44.5 Å². The fourth-order valence-electron chi connectivity index (χ4n) is 3.50. The number of esters is 1. The second kappa shape index (κ2) is 9.96. The Morgan fingerprint density at radius 2 is 1.79 bits per heavy atom. The van der Waals surface area contributed by atoms with Gasteiger partial charge in [0.15, 0.2) is 0 Å². The minimum Gasteiger partial charge on any atom is -0.478 e. The van der Waals surface area contributed by atoms with Gasteiger partial charge in [0, 0.05) is 16.2 Å². The molecule has 2 aromatic carbocycles. The number of aliphatic hydroxyl groups is 1. The van der Waals surface area contributed by atoms with Crippen molar-refractivity contribution in [2.75, 3.05) is 6.61 Å². The molecule has 0 unspecified atom stereocenters. The number of aryl methyl sites for hydroxylation is 2. The van der Waals surface area contributed by atoms with E-state index in [0.717, 1.165) is 10.8 Å². The number of hydrogen-bond acceptors (Lipinski definition) is 8. The number of ether oxygens (including phenoxy) is 1. The summed E-state index contributed by atoms with van der Waals surface area (Å²) in [6.07, 6.45) is 3.14. The largest absolute Gasteiger partial charge is 0.478 e. The van der Waals surface area contributed by atoms with E-state index in [0.29, 0.717) is 33.2 Å². The maximum absolute atomic E-state index is 12.0. The van der Waals surface area contributed by atoms with Crippen LogP contribution in [0.3, 0.4) is 0 Å². The Morgan fingerprint density at radius 1 is 1.09 bits per heavy atom. The summed E-state index contributed by atoms with van der Waals surface area (Å²) in [6.45, 7) is 5.17. The van der Waals surface area contributed by atoms with Gasteiger partial charge in [-0.3, -0.25) is 4.79 Å². The van der Waals surface area contributed by atoms with E-state index >= 15 is 0 Å². The number of nitrogens with zero attached hydrogens (tertiary/aromatic N) is 3. The molecule has 0 aliphatic heterocycles. The molecule has 0 bridgehead atoms. The predicted molar refractivity (Wildman–Crippen MR) is 120 cm³/mol. The van der Waals surface area contributed by atoms with Gasteiger partial charge in [0.25, 0.3) is 5.56 Å². The third-order valence-corrected chi connectivity index (χ3v) is 5.03.